The van der Waals surface area contributed by atoms with E-state index in [1.807, 2.05) is 22.8 Å². The Morgan fingerprint density at radius 2 is 2.10 bits per heavy atom. The number of benzene rings is 2. The molecular weight excluding hydrogens is 333 g/mol. The molecule has 0 aliphatic rings. The van der Waals surface area contributed by atoms with Gasteiger partial charge in [-0.1, -0.05) is 13.0 Å². The standard InChI is InChI=1S/C16H15BrFN3/c1-2-8-21-14-9-10(18)6-7-13(14)20-16(21)11-4-3-5-12(17)15(11)19/h3-7,9H,2,8,19H2,1H3. The monoisotopic (exact) mass is 347 g/mol. The number of hydrogen-bond acceptors (Lipinski definition) is 2. The van der Waals surface area contributed by atoms with Crippen LogP contribution in [0.4, 0.5) is 10.1 Å². The van der Waals surface area contributed by atoms with Gasteiger partial charge in [0.05, 0.1) is 16.7 Å². The summed E-state index contributed by atoms with van der Waals surface area (Å²) in [7, 11) is 0. The van der Waals surface area contributed by atoms with Crippen molar-refractivity contribution in [1.29, 1.82) is 0 Å². The molecule has 0 unspecified atom stereocenters. The van der Waals surface area contributed by atoms with Crippen LogP contribution in [-0.4, -0.2) is 9.55 Å². The molecule has 2 N–H and O–H groups in total. The molecule has 108 valence electrons. The molecule has 0 saturated heterocycles. The number of rotatable bonds is 3. The zero-order valence-electron chi connectivity index (χ0n) is 11.6. The number of nitrogens with two attached hydrogens (primary N) is 1. The van der Waals surface area contributed by atoms with Crippen LogP contribution < -0.4 is 5.73 Å². The molecule has 1 aromatic heterocycles. The van der Waals surface area contributed by atoms with Crippen LogP contribution in [0.1, 0.15) is 13.3 Å². The maximum Gasteiger partial charge on any atom is 0.143 e. The molecule has 0 atom stereocenters. The molecule has 0 bridgehead atoms. The SMILES string of the molecule is CCCn1c(-c2cccc(Br)c2N)nc2ccc(F)cc21. The number of aryl methyl sites for hydroxylation is 1. The van der Waals surface area contributed by atoms with E-state index in [4.69, 9.17) is 5.73 Å². The first-order valence-electron chi connectivity index (χ1n) is 6.82. The Morgan fingerprint density at radius 1 is 1.29 bits per heavy atom. The normalized spacial score (nSPS) is 11.2. The third kappa shape index (κ3) is 2.42. The lowest BCUT2D eigenvalue weighted by atomic mass is 10.1. The molecule has 0 aliphatic heterocycles. The summed E-state index contributed by atoms with van der Waals surface area (Å²) in [4.78, 5) is 4.64. The average Bonchev–Trinajstić information content (AvgIpc) is 2.81. The Kier molecular flexibility index (Phi) is 3.68. The third-order valence-corrected chi connectivity index (χ3v) is 4.14. The van der Waals surface area contributed by atoms with Gasteiger partial charge in [-0.3, -0.25) is 0 Å². The van der Waals surface area contributed by atoms with Crippen LogP contribution in [0.5, 0.6) is 0 Å². The molecule has 0 fully saturated rings. The third-order valence-electron chi connectivity index (χ3n) is 3.45. The van der Waals surface area contributed by atoms with E-state index >= 15 is 0 Å². The molecule has 3 nitrogen and oxygen atoms in total. The van der Waals surface area contributed by atoms with Gasteiger partial charge < -0.3 is 10.3 Å². The molecular formula is C16H15BrFN3. The molecule has 5 heteroatoms. The van der Waals surface area contributed by atoms with E-state index in [1.54, 1.807) is 6.07 Å². The highest BCUT2D eigenvalue weighted by atomic mass is 79.9. The molecule has 0 radical (unpaired) electrons. The molecule has 0 spiro atoms. The molecule has 2 aromatic carbocycles. The van der Waals surface area contributed by atoms with Crippen LogP contribution in [0.2, 0.25) is 0 Å². The number of aromatic nitrogens is 2. The van der Waals surface area contributed by atoms with Crippen LogP contribution >= 0.6 is 15.9 Å². The number of imidazole rings is 1. The molecule has 0 amide bonds. The maximum atomic E-state index is 13.5. The lowest BCUT2D eigenvalue weighted by molar-refractivity contribution is 0.627. The van der Waals surface area contributed by atoms with Gasteiger partial charge in [-0.15, -0.1) is 0 Å². The summed E-state index contributed by atoms with van der Waals surface area (Å²) in [6, 6.07) is 10.4. The van der Waals surface area contributed by atoms with Crippen molar-refractivity contribution >= 4 is 32.7 Å². The number of hydrogen-bond donors (Lipinski definition) is 1. The smallest absolute Gasteiger partial charge is 0.143 e. The summed E-state index contributed by atoms with van der Waals surface area (Å²) in [5.74, 6) is 0.518. The van der Waals surface area contributed by atoms with Crippen molar-refractivity contribution < 1.29 is 4.39 Å². The van der Waals surface area contributed by atoms with Crippen LogP contribution in [-0.2, 0) is 6.54 Å². The van der Waals surface area contributed by atoms with E-state index in [2.05, 4.69) is 27.8 Å². The second-order valence-electron chi connectivity index (χ2n) is 4.92. The number of nitrogens with zero attached hydrogens (tertiary/aromatic N) is 2. The fraction of sp³-hybridized carbons (Fsp3) is 0.188. The summed E-state index contributed by atoms with van der Waals surface area (Å²) >= 11 is 3.44. The highest BCUT2D eigenvalue weighted by Gasteiger charge is 2.15. The van der Waals surface area contributed by atoms with Crippen molar-refractivity contribution in [2.75, 3.05) is 5.73 Å². The minimum atomic E-state index is -0.256. The Morgan fingerprint density at radius 3 is 2.86 bits per heavy atom. The highest BCUT2D eigenvalue weighted by molar-refractivity contribution is 9.10. The maximum absolute atomic E-state index is 13.5. The molecule has 3 aromatic rings. The Hall–Kier alpha value is -1.88. The topological polar surface area (TPSA) is 43.8 Å². The van der Waals surface area contributed by atoms with Gasteiger partial charge in [-0.25, -0.2) is 9.37 Å². The number of para-hydroxylation sites is 1. The predicted molar refractivity (Wildman–Crippen MR) is 87.5 cm³/mol. The first-order chi connectivity index (χ1) is 10.1. The van der Waals surface area contributed by atoms with Gasteiger partial charge in [0.15, 0.2) is 0 Å². The van der Waals surface area contributed by atoms with Crippen LogP contribution in [0.15, 0.2) is 40.9 Å². The van der Waals surface area contributed by atoms with Gasteiger partial charge in [-0.05, 0) is 52.7 Å². The lowest BCUT2D eigenvalue weighted by Crippen LogP contribution is -2.02. The lowest BCUT2D eigenvalue weighted by Gasteiger charge is -2.10. The minimum Gasteiger partial charge on any atom is -0.397 e. The Bertz CT molecular complexity index is 811. The Balaban J connectivity index is 2.31. The van der Waals surface area contributed by atoms with Gasteiger partial charge >= 0.3 is 0 Å². The summed E-state index contributed by atoms with van der Waals surface area (Å²) in [5, 5.41) is 0. The molecule has 3 rings (SSSR count). The van der Waals surface area contributed by atoms with Crippen molar-refractivity contribution in [2.24, 2.45) is 0 Å². The van der Waals surface area contributed by atoms with Crippen molar-refractivity contribution in [1.82, 2.24) is 9.55 Å². The summed E-state index contributed by atoms with van der Waals surface area (Å²) in [6.07, 6.45) is 0.933. The summed E-state index contributed by atoms with van der Waals surface area (Å²) in [6.45, 7) is 2.85. The summed E-state index contributed by atoms with van der Waals surface area (Å²) < 4.78 is 16.4. The molecule has 0 saturated carbocycles. The zero-order valence-corrected chi connectivity index (χ0v) is 13.2. The van der Waals surface area contributed by atoms with E-state index in [-0.39, 0.29) is 5.82 Å². The first kappa shape index (κ1) is 14.1. The van der Waals surface area contributed by atoms with Gasteiger partial charge in [0, 0.05) is 16.6 Å². The molecule has 1 heterocycles. The minimum absolute atomic E-state index is 0.256. The fourth-order valence-electron chi connectivity index (χ4n) is 2.48. The highest BCUT2D eigenvalue weighted by Crippen LogP contribution is 2.33. The zero-order chi connectivity index (χ0) is 15.0. The first-order valence-corrected chi connectivity index (χ1v) is 7.61. The van der Waals surface area contributed by atoms with Crippen molar-refractivity contribution in [3.05, 3.63) is 46.7 Å². The largest absolute Gasteiger partial charge is 0.397 e. The van der Waals surface area contributed by atoms with E-state index in [1.165, 1.54) is 12.1 Å². The van der Waals surface area contributed by atoms with E-state index in [0.717, 1.165) is 39.9 Å². The van der Waals surface area contributed by atoms with E-state index < -0.39 is 0 Å². The van der Waals surface area contributed by atoms with E-state index in [0.29, 0.717) is 5.69 Å². The van der Waals surface area contributed by atoms with Crippen molar-refractivity contribution in [3.8, 4) is 11.4 Å². The van der Waals surface area contributed by atoms with Crippen LogP contribution in [0.25, 0.3) is 22.4 Å². The van der Waals surface area contributed by atoms with Gasteiger partial charge in [0.2, 0.25) is 0 Å². The fourth-order valence-corrected chi connectivity index (χ4v) is 2.85. The van der Waals surface area contributed by atoms with E-state index in [9.17, 15) is 4.39 Å². The molecule has 21 heavy (non-hydrogen) atoms. The van der Waals surface area contributed by atoms with Crippen molar-refractivity contribution in [3.63, 3.8) is 0 Å². The predicted octanol–water partition coefficient (Wildman–Crippen LogP) is 4.60. The quantitative estimate of drug-likeness (QED) is 0.703. The number of nitrogen functional groups attached to an aromatic ring is 1. The van der Waals surface area contributed by atoms with Crippen molar-refractivity contribution in [2.45, 2.75) is 19.9 Å². The van der Waals surface area contributed by atoms with Gasteiger partial charge in [0.25, 0.3) is 0 Å². The summed E-state index contributed by atoms with van der Waals surface area (Å²) in [5.41, 5.74) is 9.23. The molecule has 0 aliphatic carbocycles. The second kappa shape index (κ2) is 5.48. The van der Waals surface area contributed by atoms with Gasteiger partial charge in [0.1, 0.15) is 11.6 Å². The number of halogens is 2. The Labute approximate surface area is 130 Å². The second-order valence-corrected chi connectivity index (χ2v) is 5.78. The number of anilines is 1. The average molecular weight is 348 g/mol. The van der Waals surface area contributed by atoms with Crippen LogP contribution in [0.3, 0.4) is 0 Å². The van der Waals surface area contributed by atoms with Crippen LogP contribution in [0, 0.1) is 5.82 Å². The van der Waals surface area contributed by atoms with Gasteiger partial charge in [-0.2, -0.15) is 0 Å². The number of fused-ring (bicyclic) bond motifs is 1.